The summed E-state index contributed by atoms with van der Waals surface area (Å²) in [5.41, 5.74) is 0.158. The molecule has 0 atom stereocenters. The summed E-state index contributed by atoms with van der Waals surface area (Å²) >= 11 is 0. The number of pyridine rings is 1. The van der Waals surface area contributed by atoms with Gasteiger partial charge in [0.15, 0.2) is 6.61 Å². The van der Waals surface area contributed by atoms with E-state index in [-0.39, 0.29) is 11.6 Å². The second kappa shape index (κ2) is 6.03. The first kappa shape index (κ1) is 14.7. The Morgan fingerprint density at radius 3 is 2.53 bits per heavy atom. The van der Waals surface area contributed by atoms with Gasteiger partial charge in [-0.1, -0.05) is 0 Å². The zero-order chi connectivity index (χ0) is 14.5. The molecular formula is C10H9F3N2O4. The summed E-state index contributed by atoms with van der Waals surface area (Å²) < 4.78 is 39.9. The van der Waals surface area contributed by atoms with Crippen molar-refractivity contribution in [3.8, 4) is 5.88 Å². The maximum Gasteiger partial charge on any atom is 0.422 e. The molecule has 0 spiro atoms. The largest absolute Gasteiger partial charge is 0.481 e. The van der Waals surface area contributed by atoms with Gasteiger partial charge in [-0.05, 0) is 6.07 Å². The topological polar surface area (TPSA) is 88.5 Å². The van der Waals surface area contributed by atoms with Gasteiger partial charge in [0, 0.05) is 6.07 Å². The van der Waals surface area contributed by atoms with Gasteiger partial charge in [0.05, 0.1) is 11.9 Å². The molecule has 9 heteroatoms. The predicted molar refractivity (Wildman–Crippen MR) is 56.7 cm³/mol. The van der Waals surface area contributed by atoms with E-state index in [1.807, 2.05) is 0 Å². The number of hydrogen-bond donors (Lipinski definition) is 2. The number of alkyl halides is 3. The lowest BCUT2D eigenvalue weighted by Gasteiger charge is -2.08. The Bertz CT molecular complexity index is 459. The van der Waals surface area contributed by atoms with Gasteiger partial charge in [0.2, 0.25) is 11.8 Å². The van der Waals surface area contributed by atoms with E-state index < -0.39 is 31.1 Å². The van der Waals surface area contributed by atoms with Crippen molar-refractivity contribution in [1.82, 2.24) is 4.98 Å². The van der Waals surface area contributed by atoms with Gasteiger partial charge in [0.25, 0.3) is 0 Å². The van der Waals surface area contributed by atoms with Crippen LogP contribution in [0.5, 0.6) is 5.88 Å². The van der Waals surface area contributed by atoms with Crippen LogP contribution in [0, 0.1) is 0 Å². The van der Waals surface area contributed by atoms with Crippen LogP contribution in [-0.4, -0.2) is 34.8 Å². The molecular weight excluding hydrogens is 269 g/mol. The fourth-order valence-electron chi connectivity index (χ4n) is 1.04. The van der Waals surface area contributed by atoms with Crippen molar-refractivity contribution >= 4 is 17.6 Å². The fourth-order valence-corrected chi connectivity index (χ4v) is 1.04. The molecule has 0 fully saturated rings. The maximum absolute atomic E-state index is 11.8. The third kappa shape index (κ3) is 6.24. The predicted octanol–water partition coefficient (Wildman–Crippen LogP) is 1.44. The first-order chi connectivity index (χ1) is 8.76. The van der Waals surface area contributed by atoms with Gasteiger partial charge < -0.3 is 15.2 Å². The number of amides is 1. The molecule has 0 aliphatic rings. The quantitative estimate of drug-likeness (QED) is 0.795. The summed E-state index contributed by atoms with van der Waals surface area (Å²) in [6.07, 6.45) is -4.12. The standard InChI is InChI=1S/C10H9F3N2O4/c11-10(12,13)5-19-8-2-1-6(4-14-8)15-7(16)3-9(17)18/h1-2,4H,3,5H2,(H,15,16)(H,17,18). The average Bonchev–Trinajstić information content (AvgIpc) is 2.26. The zero-order valence-electron chi connectivity index (χ0n) is 9.40. The molecule has 1 aromatic heterocycles. The molecule has 0 aromatic carbocycles. The summed E-state index contributed by atoms with van der Waals surface area (Å²) in [7, 11) is 0. The number of ether oxygens (including phenoxy) is 1. The minimum atomic E-state index is -4.46. The molecule has 6 nitrogen and oxygen atoms in total. The molecule has 1 rings (SSSR count). The first-order valence-corrected chi connectivity index (χ1v) is 4.93. The van der Waals surface area contributed by atoms with E-state index in [9.17, 15) is 22.8 Å². The number of hydrogen-bond acceptors (Lipinski definition) is 4. The lowest BCUT2D eigenvalue weighted by molar-refractivity contribution is -0.154. The third-order valence-corrected chi connectivity index (χ3v) is 1.72. The molecule has 2 N–H and O–H groups in total. The number of halogens is 3. The number of nitrogens with one attached hydrogen (secondary N) is 1. The van der Waals surface area contributed by atoms with Crippen molar-refractivity contribution in [3.05, 3.63) is 18.3 Å². The fraction of sp³-hybridized carbons (Fsp3) is 0.300. The van der Waals surface area contributed by atoms with Gasteiger partial charge in [-0.15, -0.1) is 0 Å². The number of anilines is 1. The molecule has 0 aliphatic heterocycles. The van der Waals surface area contributed by atoms with Crippen LogP contribution in [0.15, 0.2) is 18.3 Å². The van der Waals surface area contributed by atoms with Crippen LogP contribution < -0.4 is 10.1 Å². The lowest BCUT2D eigenvalue weighted by atomic mass is 10.3. The maximum atomic E-state index is 11.8. The number of carboxylic acids is 1. The molecule has 0 saturated carbocycles. The minimum absolute atomic E-state index is 0.158. The van der Waals surface area contributed by atoms with E-state index in [2.05, 4.69) is 15.0 Å². The molecule has 0 aliphatic carbocycles. The second-order valence-electron chi connectivity index (χ2n) is 3.41. The van der Waals surface area contributed by atoms with Crippen molar-refractivity contribution < 1.29 is 32.6 Å². The van der Waals surface area contributed by atoms with E-state index >= 15 is 0 Å². The normalized spacial score (nSPS) is 10.9. The van der Waals surface area contributed by atoms with E-state index in [0.717, 1.165) is 12.3 Å². The Hall–Kier alpha value is -2.32. The molecule has 19 heavy (non-hydrogen) atoms. The molecule has 1 aromatic rings. The SMILES string of the molecule is O=C(O)CC(=O)Nc1ccc(OCC(F)(F)F)nc1. The smallest absolute Gasteiger partial charge is 0.422 e. The number of carboxylic acid groups (broad SMARTS) is 1. The van der Waals surface area contributed by atoms with Crippen molar-refractivity contribution in [1.29, 1.82) is 0 Å². The van der Waals surface area contributed by atoms with Crippen LogP contribution in [0.2, 0.25) is 0 Å². The van der Waals surface area contributed by atoms with Gasteiger partial charge in [-0.3, -0.25) is 9.59 Å². The summed E-state index contributed by atoms with van der Waals surface area (Å²) in [4.78, 5) is 24.8. The average molecular weight is 278 g/mol. The van der Waals surface area contributed by atoms with Gasteiger partial charge in [-0.25, -0.2) is 4.98 Å². The van der Waals surface area contributed by atoms with Crippen LogP contribution in [0.3, 0.4) is 0 Å². The highest BCUT2D eigenvalue weighted by Crippen LogP contribution is 2.18. The first-order valence-electron chi connectivity index (χ1n) is 4.93. The third-order valence-electron chi connectivity index (χ3n) is 1.72. The molecule has 0 unspecified atom stereocenters. The summed E-state index contributed by atoms with van der Waals surface area (Å²) in [6.45, 7) is -1.47. The number of aromatic nitrogens is 1. The highest BCUT2D eigenvalue weighted by Gasteiger charge is 2.28. The monoisotopic (exact) mass is 278 g/mol. The molecule has 0 radical (unpaired) electrons. The van der Waals surface area contributed by atoms with Crippen LogP contribution in [0.4, 0.5) is 18.9 Å². The van der Waals surface area contributed by atoms with E-state index in [1.165, 1.54) is 6.07 Å². The lowest BCUT2D eigenvalue weighted by Crippen LogP contribution is -2.19. The van der Waals surface area contributed by atoms with Crippen molar-refractivity contribution in [2.45, 2.75) is 12.6 Å². The van der Waals surface area contributed by atoms with E-state index in [4.69, 9.17) is 5.11 Å². The van der Waals surface area contributed by atoms with Gasteiger partial charge >= 0.3 is 12.1 Å². The highest BCUT2D eigenvalue weighted by atomic mass is 19.4. The van der Waals surface area contributed by atoms with Crippen molar-refractivity contribution in [3.63, 3.8) is 0 Å². The van der Waals surface area contributed by atoms with Crippen LogP contribution >= 0.6 is 0 Å². The van der Waals surface area contributed by atoms with Crippen LogP contribution in [0.25, 0.3) is 0 Å². The minimum Gasteiger partial charge on any atom is -0.481 e. The van der Waals surface area contributed by atoms with Gasteiger partial charge in [-0.2, -0.15) is 13.2 Å². The molecule has 0 saturated heterocycles. The number of aliphatic carboxylic acids is 1. The molecule has 104 valence electrons. The second-order valence-corrected chi connectivity index (χ2v) is 3.41. The Kier molecular flexibility index (Phi) is 4.67. The Morgan fingerprint density at radius 1 is 1.37 bits per heavy atom. The van der Waals surface area contributed by atoms with Crippen molar-refractivity contribution in [2.75, 3.05) is 11.9 Å². The Morgan fingerprint density at radius 2 is 2.05 bits per heavy atom. The number of carbonyl (C=O) groups excluding carboxylic acids is 1. The summed E-state index contributed by atoms with van der Waals surface area (Å²) in [5.74, 6) is -2.32. The van der Waals surface area contributed by atoms with Gasteiger partial charge in [0.1, 0.15) is 6.42 Å². The zero-order valence-corrected chi connectivity index (χ0v) is 9.40. The highest BCUT2D eigenvalue weighted by molar-refractivity contribution is 6.01. The van der Waals surface area contributed by atoms with E-state index in [1.54, 1.807) is 0 Å². The van der Waals surface area contributed by atoms with Crippen molar-refractivity contribution in [2.24, 2.45) is 0 Å². The molecule has 1 amide bonds. The summed E-state index contributed by atoms with van der Waals surface area (Å²) in [6, 6.07) is 2.38. The number of rotatable bonds is 5. The molecule has 1 heterocycles. The van der Waals surface area contributed by atoms with Crippen LogP contribution in [0.1, 0.15) is 6.42 Å². The molecule has 0 bridgehead atoms. The van der Waals surface area contributed by atoms with E-state index in [0.29, 0.717) is 0 Å². The van der Waals surface area contributed by atoms with Crippen LogP contribution in [-0.2, 0) is 9.59 Å². The summed E-state index contributed by atoms with van der Waals surface area (Å²) in [5, 5.41) is 10.6. The Labute approximate surface area is 105 Å². The Balaban J connectivity index is 2.52. The number of nitrogens with zero attached hydrogens (tertiary/aromatic N) is 1. The number of carbonyl (C=O) groups is 2.